The molecule has 12 nitrogen and oxygen atoms in total. The largest absolute Gasteiger partial charge is 0.527 e. The Morgan fingerprint density at radius 2 is 1.79 bits per heavy atom. The lowest BCUT2D eigenvalue weighted by atomic mass is 10.2. The van der Waals surface area contributed by atoms with Gasteiger partial charge in [0, 0.05) is 24.7 Å². The third kappa shape index (κ3) is 7.17. The zero-order valence-corrected chi connectivity index (χ0v) is 21.4. The number of aliphatic hydroxyl groups is 1. The van der Waals surface area contributed by atoms with E-state index in [1.54, 1.807) is 6.92 Å². The highest BCUT2D eigenvalue weighted by atomic mass is 16.8. The molecule has 1 saturated carbocycles. The van der Waals surface area contributed by atoms with Crippen LogP contribution in [0.1, 0.15) is 43.1 Å². The monoisotopic (exact) mass is 527 g/mol. The maximum Gasteiger partial charge on any atom is 0.527 e. The number of nitrogens with one attached hydrogen (secondary N) is 1. The van der Waals surface area contributed by atoms with E-state index in [1.165, 1.54) is 16.0 Å². The van der Waals surface area contributed by atoms with E-state index >= 15 is 0 Å². The van der Waals surface area contributed by atoms with Crippen LogP contribution in [0.25, 0.3) is 11.4 Å². The molecule has 2 aromatic rings. The first-order chi connectivity index (χ1) is 18.5. The van der Waals surface area contributed by atoms with Gasteiger partial charge in [-0.1, -0.05) is 30.3 Å². The number of rotatable bonds is 9. The quantitative estimate of drug-likeness (QED) is 0.463. The molecule has 1 aliphatic carbocycles. The summed E-state index contributed by atoms with van der Waals surface area (Å²) in [7, 11) is 0. The lowest BCUT2D eigenvalue weighted by Crippen LogP contribution is -2.56. The number of carbonyl (C=O) groups is 3. The molecule has 2 heterocycles. The van der Waals surface area contributed by atoms with Crippen LogP contribution < -0.4 is 10.1 Å². The molecule has 2 aliphatic rings. The van der Waals surface area contributed by atoms with Crippen LogP contribution in [0.3, 0.4) is 0 Å². The van der Waals surface area contributed by atoms with E-state index in [-0.39, 0.29) is 44.6 Å². The van der Waals surface area contributed by atoms with E-state index in [0.29, 0.717) is 11.7 Å². The van der Waals surface area contributed by atoms with Gasteiger partial charge in [-0.15, -0.1) is 5.06 Å². The minimum atomic E-state index is -1.17. The lowest BCUT2D eigenvalue weighted by molar-refractivity contribution is -0.157. The zero-order valence-electron chi connectivity index (χ0n) is 21.4. The second-order valence-electron chi connectivity index (χ2n) is 9.04. The smallest absolute Gasteiger partial charge is 0.474 e. The SMILES string of the molecule is CCOC(=O)ON1CCN(C(=O)[C@H](CO)NC(=O)c2cc(OC3CCCC3)nc(-c3ccccc3)n2)CC1. The molecule has 4 rings (SSSR count). The van der Waals surface area contributed by atoms with Crippen molar-refractivity contribution in [2.45, 2.75) is 44.8 Å². The van der Waals surface area contributed by atoms with Crippen molar-refractivity contribution in [1.29, 1.82) is 0 Å². The van der Waals surface area contributed by atoms with Gasteiger partial charge < -0.3 is 29.6 Å². The molecule has 204 valence electrons. The zero-order chi connectivity index (χ0) is 26.9. The molecule has 1 saturated heterocycles. The Morgan fingerprint density at radius 1 is 1.08 bits per heavy atom. The number of amides is 2. The summed E-state index contributed by atoms with van der Waals surface area (Å²) in [5, 5.41) is 13.9. The minimum absolute atomic E-state index is 0.0303. The van der Waals surface area contributed by atoms with Gasteiger partial charge in [0.25, 0.3) is 5.91 Å². The van der Waals surface area contributed by atoms with Crippen LogP contribution in [0.15, 0.2) is 36.4 Å². The first kappa shape index (κ1) is 27.3. The fourth-order valence-electron chi connectivity index (χ4n) is 4.38. The van der Waals surface area contributed by atoms with Gasteiger partial charge in [0.15, 0.2) is 5.82 Å². The number of aliphatic hydroxyl groups excluding tert-OH is 1. The van der Waals surface area contributed by atoms with Gasteiger partial charge in [-0.2, -0.15) is 4.98 Å². The van der Waals surface area contributed by atoms with Crippen LogP contribution in [-0.4, -0.2) is 94.5 Å². The summed E-state index contributed by atoms with van der Waals surface area (Å²) < 4.78 is 10.8. The van der Waals surface area contributed by atoms with E-state index in [1.807, 2.05) is 30.3 Å². The molecular formula is C26H33N5O7. The number of hydroxylamine groups is 2. The Balaban J connectivity index is 1.43. The number of benzene rings is 1. The second-order valence-corrected chi connectivity index (χ2v) is 9.04. The highest BCUT2D eigenvalue weighted by Gasteiger charge is 2.30. The van der Waals surface area contributed by atoms with Crippen molar-refractivity contribution in [1.82, 2.24) is 25.2 Å². The van der Waals surface area contributed by atoms with Crippen molar-refractivity contribution in [2.24, 2.45) is 0 Å². The molecule has 0 spiro atoms. The van der Waals surface area contributed by atoms with Crippen LogP contribution in [0.4, 0.5) is 4.79 Å². The number of hydrogen-bond donors (Lipinski definition) is 2. The molecule has 0 unspecified atom stereocenters. The predicted octanol–water partition coefficient (Wildman–Crippen LogP) is 1.79. The van der Waals surface area contributed by atoms with Crippen LogP contribution in [0.5, 0.6) is 5.88 Å². The predicted molar refractivity (Wildman–Crippen MR) is 135 cm³/mol. The molecule has 1 aromatic heterocycles. The van der Waals surface area contributed by atoms with E-state index in [0.717, 1.165) is 31.2 Å². The summed E-state index contributed by atoms with van der Waals surface area (Å²) in [5.74, 6) is -0.453. The number of hydrogen-bond acceptors (Lipinski definition) is 10. The van der Waals surface area contributed by atoms with Gasteiger partial charge in [-0.25, -0.2) is 9.78 Å². The summed E-state index contributed by atoms with van der Waals surface area (Å²) >= 11 is 0. The maximum absolute atomic E-state index is 13.2. The molecule has 0 radical (unpaired) electrons. The summed E-state index contributed by atoms with van der Waals surface area (Å²) in [6, 6.07) is 9.53. The molecule has 1 aromatic carbocycles. The first-order valence-electron chi connectivity index (χ1n) is 12.9. The van der Waals surface area contributed by atoms with Gasteiger partial charge in [0.1, 0.15) is 17.8 Å². The maximum atomic E-state index is 13.2. The second kappa shape index (κ2) is 13.2. The molecule has 1 aliphatic heterocycles. The van der Waals surface area contributed by atoms with E-state index < -0.39 is 30.6 Å². The number of ether oxygens (including phenoxy) is 2. The van der Waals surface area contributed by atoms with Crippen LogP contribution in [0, 0.1) is 0 Å². The Bertz CT molecular complexity index is 1100. The third-order valence-corrected chi connectivity index (χ3v) is 6.36. The summed E-state index contributed by atoms with van der Waals surface area (Å²) in [6.07, 6.45) is 3.24. The Hall–Kier alpha value is -3.77. The summed E-state index contributed by atoms with van der Waals surface area (Å²) in [6.45, 7) is 2.31. The Morgan fingerprint density at radius 3 is 2.45 bits per heavy atom. The molecule has 0 bridgehead atoms. The topological polar surface area (TPSA) is 143 Å². The minimum Gasteiger partial charge on any atom is -0.474 e. The Labute approximate surface area is 220 Å². The normalized spacial score (nSPS) is 17.1. The highest BCUT2D eigenvalue weighted by Crippen LogP contribution is 2.25. The van der Waals surface area contributed by atoms with Crippen molar-refractivity contribution in [2.75, 3.05) is 39.4 Å². The van der Waals surface area contributed by atoms with Gasteiger partial charge in [0.05, 0.1) is 26.3 Å². The molecule has 1 atom stereocenters. The van der Waals surface area contributed by atoms with Crippen molar-refractivity contribution in [3.63, 3.8) is 0 Å². The molecule has 38 heavy (non-hydrogen) atoms. The molecular weight excluding hydrogens is 494 g/mol. The van der Waals surface area contributed by atoms with Crippen molar-refractivity contribution in [3.05, 3.63) is 42.1 Å². The molecule has 2 fully saturated rings. The number of aromatic nitrogens is 2. The van der Waals surface area contributed by atoms with Gasteiger partial charge in [-0.05, 0) is 32.6 Å². The van der Waals surface area contributed by atoms with Gasteiger partial charge in [-0.3, -0.25) is 9.59 Å². The molecule has 2 N–H and O–H groups in total. The van der Waals surface area contributed by atoms with Crippen LogP contribution >= 0.6 is 0 Å². The fourth-order valence-corrected chi connectivity index (χ4v) is 4.38. The van der Waals surface area contributed by atoms with E-state index in [4.69, 9.17) is 14.3 Å². The van der Waals surface area contributed by atoms with Gasteiger partial charge in [0.2, 0.25) is 11.8 Å². The number of carbonyl (C=O) groups excluding carboxylic acids is 3. The average molecular weight is 528 g/mol. The van der Waals surface area contributed by atoms with Gasteiger partial charge >= 0.3 is 6.16 Å². The van der Waals surface area contributed by atoms with E-state index in [2.05, 4.69) is 15.3 Å². The first-order valence-corrected chi connectivity index (χ1v) is 12.9. The van der Waals surface area contributed by atoms with Crippen molar-refractivity contribution >= 4 is 18.0 Å². The van der Waals surface area contributed by atoms with Crippen LogP contribution in [0.2, 0.25) is 0 Å². The standard InChI is InChI=1S/C26H33N5O7/c1-2-36-26(35)38-31-14-12-30(13-15-31)25(34)21(17-32)28-24(33)20-16-22(37-19-10-6-7-11-19)29-23(27-20)18-8-4-3-5-9-18/h3-5,8-9,16,19,21,32H,2,6-7,10-15,17H2,1H3,(H,28,33)/t21-/m0/s1. The molecule has 12 heteroatoms. The Kier molecular flexibility index (Phi) is 9.44. The fraction of sp³-hybridized carbons (Fsp3) is 0.500. The third-order valence-electron chi connectivity index (χ3n) is 6.36. The lowest BCUT2D eigenvalue weighted by Gasteiger charge is -2.34. The highest BCUT2D eigenvalue weighted by molar-refractivity contribution is 5.96. The number of piperazine rings is 1. The van der Waals surface area contributed by atoms with Crippen molar-refractivity contribution in [3.8, 4) is 17.3 Å². The molecule has 2 amide bonds. The summed E-state index contributed by atoms with van der Waals surface area (Å²) in [5.41, 5.74) is 0.752. The summed E-state index contributed by atoms with van der Waals surface area (Å²) in [4.78, 5) is 53.2. The van der Waals surface area contributed by atoms with Crippen LogP contribution in [-0.2, 0) is 14.4 Å². The van der Waals surface area contributed by atoms with Crippen molar-refractivity contribution < 1.29 is 33.8 Å². The average Bonchev–Trinajstić information content (AvgIpc) is 3.45. The number of nitrogens with zero attached hydrogens (tertiary/aromatic N) is 4. The van der Waals surface area contributed by atoms with E-state index in [9.17, 15) is 19.5 Å².